The largest absolute Gasteiger partial charge is 0.333 e. The number of carbonyl (C=O) groups excluding carboxylic acids is 1. The Bertz CT molecular complexity index is 353. The van der Waals surface area contributed by atoms with Crippen molar-refractivity contribution in [2.75, 3.05) is 0 Å². The molecule has 86 valence electrons. The van der Waals surface area contributed by atoms with Gasteiger partial charge in [-0.3, -0.25) is 9.78 Å². The predicted molar refractivity (Wildman–Crippen MR) is 63.2 cm³/mol. The number of piperidine rings is 1. The van der Waals surface area contributed by atoms with Crippen LogP contribution in [0.3, 0.4) is 0 Å². The second-order valence-electron chi connectivity index (χ2n) is 4.58. The van der Waals surface area contributed by atoms with E-state index in [1.165, 1.54) is 6.42 Å². The monoisotopic (exact) mass is 218 g/mol. The predicted octanol–water partition coefficient (Wildman–Crippen LogP) is 2.48. The van der Waals surface area contributed by atoms with Crippen molar-refractivity contribution in [3.8, 4) is 0 Å². The van der Waals surface area contributed by atoms with Crippen molar-refractivity contribution in [2.24, 2.45) is 0 Å². The van der Waals surface area contributed by atoms with Gasteiger partial charge < -0.3 is 4.90 Å². The summed E-state index contributed by atoms with van der Waals surface area (Å²) in [6.07, 6.45) is 6.78. The molecule has 0 aromatic carbocycles. The molecule has 1 aromatic rings. The summed E-state index contributed by atoms with van der Waals surface area (Å²) in [7, 11) is 0. The molecule has 2 heterocycles. The molecule has 3 heteroatoms. The molecule has 0 saturated carbocycles. The van der Waals surface area contributed by atoms with E-state index in [-0.39, 0.29) is 5.91 Å². The van der Waals surface area contributed by atoms with E-state index >= 15 is 0 Å². The number of carbonyl (C=O) groups is 1. The molecule has 2 rings (SSSR count). The summed E-state index contributed by atoms with van der Waals surface area (Å²) >= 11 is 0. The van der Waals surface area contributed by atoms with Crippen LogP contribution in [-0.2, 0) is 0 Å². The van der Waals surface area contributed by atoms with Gasteiger partial charge in [0, 0.05) is 24.5 Å². The third-order valence-corrected chi connectivity index (χ3v) is 3.34. The summed E-state index contributed by atoms with van der Waals surface area (Å²) in [5, 5.41) is 0. The average Bonchev–Trinajstić information content (AvgIpc) is 2.30. The van der Waals surface area contributed by atoms with Gasteiger partial charge in [0.25, 0.3) is 5.91 Å². The summed E-state index contributed by atoms with van der Waals surface area (Å²) in [6.45, 7) is 4.26. The molecule has 1 saturated heterocycles. The SMILES string of the molecule is CC1CCCC(C)N1C(=O)c1cccnc1. The van der Waals surface area contributed by atoms with Crippen molar-refractivity contribution in [3.05, 3.63) is 30.1 Å². The van der Waals surface area contributed by atoms with E-state index in [4.69, 9.17) is 0 Å². The van der Waals surface area contributed by atoms with Crippen molar-refractivity contribution in [1.82, 2.24) is 9.88 Å². The maximum absolute atomic E-state index is 12.3. The average molecular weight is 218 g/mol. The molecule has 1 amide bonds. The van der Waals surface area contributed by atoms with Crippen LogP contribution in [0.4, 0.5) is 0 Å². The number of nitrogens with zero attached hydrogens (tertiary/aromatic N) is 2. The van der Waals surface area contributed by atoms with Gasteiger partial charge in [-0.05, 0) is 45.2 Å². The molecule has 1 aromatic heterocycles. The summed E-state index contributed by atoms with van der Waals surface area (Å²) in [6, 6.07) is 4.34. The molecule has 1 aliphatic rings. The van der Waals surface area contributed by atoms with E-state index < -0.39 is 0 Å². The lowest BCUT2D eigenvalue weighted by molar-refractivity contribution is 0.0510. The third kappa shape index (κ3) is 2.08. The molecule has 0 bridgehead atoms. The van der Waals surface area contributed by atoms with Crippen LogP contribution in [0, 0.1) is 0 Å². The van der Waals surface area contributed by atoms with Gasteiger partial charge in [-0.1, -0.05) is 0 Å². The fraction of sp³-hybridized carbons (Fsp3) is 0.538. The smallest absolute Gasteiger partial charge is 0.255 e. The summed E-state index contributed by atoms with van der Waals surface area (Å²) in [4.78, 5) is 18.3. The lowest BCUT2D eigenvalue weighted by atomic mass is 9.96. The van der Waals surface area contributed by atoms with E-state index in [2.05, 4.69) is 18.8 Å². The van der Waals surface area contributed by atoms with Gasteiger partial charge in [0.2, 0.25) is 0 Å². The van der Waals surface area contributed by atoms with Gasteiger partial charge >= 0.3 is 0 Å². The maximum Gasteiger partial charge on any atom is 0.255 e. The van der Waals surface area contributed by atoms with Crippen LogP contribution in [0.5, 0.6) is 0 Å². The lowest BCUT2D eigenvalue weighted by Crippen LogP contribution is -2.47. The van der Waals surface area contributed by atoms with E-state index in [9.17, 15) is 4.79 Å². The number of hydrogen-bond acceptors (Lipinski definition) is 2. The number of hydrogen-bond donors (Lipinski definition) is 0. The Hall–Kier alpha value is -1.38. The summed E-state index contributed by atoms with van der Waals surface area (Å²) in [5.41, 5.74) is 0.697. The Morgan fingerprint density at radius 1 is 1.38 bits per heavy atom. The molecular weight excluding hydrogens is 200 g/mol. The first kappa shape index (κ1) is 11.1. The Labute approximate surface area is 96.5 Å². The van der Waals surface area contributed by atoms with Crippen molar-refractivity contribution < 1.29 is 4.79 Å². The molecule has 0 aliphatic carbocycles. The second kappa shape index (κ2) is 4.64. The Morgan fingerprint density at radius 3 is 2.62 bits per heavy atom. The molecular formula is C13H18N2O. The van der Waals surface area contributed by atoms with Gasteiger partial charge in [-0.2, -0.15) is 0 Å². The first-order chi connectivity index (χ1) is 7.70. The fourth-order valence-electron chi connectivity index (χ4n) is 2.46. The Morgan fingerprint density at radius 2 is 2.06 bits per heavy atom. The van der Waals surface area contributed by atoms with Crippen LogP contribution >= 0.6 is 0 Å². The molecule has 2 atom stereocenters. The van der Waals surface area contributed by atoms with Crippen LogP contribution in [0.1, 0.15) is 43.5 Å². The quantitative estimate of drug-likeness (QED) is 0.725. The van der Waals surface area contributed by atoms with E-state index in [0.717, 1.165) is 12.8 Å². The molecule has 0 radical (unpaired) electrons. The zero-order valence-electron chi connectivity index (χ0n) is 9.89. The van der Waals surface area contributed by atoms with Gasteiger partial charge in [0.1, 0.15) is 0 Å². The number of amides is 1. The van der Waals surface area contributed by atoms with Gasteiger partial charge in [-0.15, -0.1) is 0 Å². The van der Waals surface area contributed by atoms with Crippen molar-refractivity contribution in [3.63, 3.8) is 0 Å². The minimum absolute atomic E-state index is 0.118. The van der Waals surface area contributed by atoms with Crippen LogP contribution in [0.2, 0.25) is 0 Å². The number of pyridine rings is 1. The molecule has 3 nitrogen and oxygen atoms in total. The highest BCUT2D eigenvalue weighted by molar-refractivity contribution is 5.94. The van der Waals surface area contributed by atoms with Crippen molar-refractivity contribution >= 4 is 5.91 Å². The van der Waals surface area contributed by atoms with Crippen LogP contribution in [0.15, 0.2) is 24.5 Å². The number of rotatable bonds is 1. The standard InChI is InChI=1S/C13H18N2O/c1-10-5-3-6-11(2)15(10)13(16)12-7-4-8-14-9-12/h4,7-11H,3,5-6H2,1-2H3. The maximum atomic E-state index is 12.3. The minimum Gasteiger partial charge on any atom is -0.333 e. The molecule has 16 heavy (non-hydrogen) atoms. The number of likely N-dealkylation sites (tertiary alicyclic amines) is 1. The zero-order valence-corrected chi connectivity index (χ0v) is 9.89. The van der Waals surface area contributed by atoms with E-state index in [1.54, 1.807) is 12.4 Å². The molecule has 1 fully saturated rings. The highest BCUT2D eigenvalue weighted by atomic mass is 16.2. The van der Waals surface area contributed by atoms with Crippen molar-refractivity contribution in [2.45, 2.75) is 45.2 Å². The number of aromatic nitrogens is 1. The van der Waals surface area contributed by atoms with Crippen LogP contribution < -0.4 is 0 Å². The van der Waals surface area contributed by atoms with Gasteiger partial charge in [0.05, 0.1) is 5.56 Å². The van der Waals surface area contributed by atoms with Crippen molar-refractivity contribution in [1.29, 1.82) is 0 Å². The highest BCUT2D eigenvalue weighted by Crippen LogP contribution is 2.24. The summed E-state index contributed by atoms with van der Waals surface area (Å²) < 4.78 is 0. The molecule has 0 N–H and O–H groups in total. The normalized spacial score (nSPS) is 25.5. The fourth-order valence-corrected chi connectivity index (χ4v) is 2.46. The minimum atomic E-state index is 0.118. The van der Waals surface area contributed by atoms with Crippen LogP contribution in [-0.4, -0.2) is 27.9 Å². The second-order valence-corrected chi connectivity index (χ2v) is 4.58. The zero-order chi connectivity index (χ0) is 11.5. The van der Waals surface area contributed by atoms with E-state index in [1.807, 2.05) is 17.0 Å². The highest BCUT2D eigenvalue weighted by Gasteiger charge is 2.29. The molecule has 1 aliphatic heterocycles. The van der Waals surface area contributed by atoms with E-state index in [0.29, 0.717) is 17.6 Å². The summed E-state index contributed by atoms with van der Waals surface area (Å²) in [5.74, 6) is 0.118. The van der Waals surface area contributed by atoms with Crippen LogP contribution in [0.25, 0.3) is 0 Å². The lowest BCUT2D eigenvalue weighted by Gasteiger charge is -2.39. The van der Waals surface area contributed by atoms with Gasteiger partial charge in [0.15, 0.2) is 0 Å². The Balaban J connectivity index is 2.20. The third-order valence-electron chi connectivity index (χ3n) is 3.34. The first-order valence-corrected chi connectivity index (χ1v) is 5.93. The molecule has 0 spiro atoms. The van der Waals surface area contributed by atoms with Gasteiger partial charge in [-0.25, -0.2) is 0 Å². The molecule has 2 unspecified atom stereocenters. The first-order valence-electron chi connectivity index (χ1n) is 5.93. The topological polar surface area (TPSA) is 33.2 Å². The Kier molecular flexibility index (Phi) is 3.22.